The number of carbonyl (C=O) groups is 1. The number of ether oxygens (including phenoxy) is 2. The van der Waals surface area contributed by atoms with Crippen molar-refractivity contribution in [3.63, 3.8) is 0 Å². The van der Waals surface area contributed by atoms with Gasteiger partial charge < -0.3 is 9.47 Å². The van der Waals surface area contributed by atoms with Gasteiger partial charge in [-0.1, -0.05) is 6.92 Å². The molecule has 0 radical (unpaired) electrons. The lowest BCUT2D eigenvalue weighted by Crippen LogP contribution is -2.17. The summed E-state index contributed by atoms with van der Waals surface area (Å²) in [4.78, 5) is 14.7. The van der Waals surface area contributed by atoms with Crippen LogP contribution in [0.1, 0.15) is 13.3 Å². The van der Waals surface area contributed by atoms with Crippen LogP contribution in [0.5, 0.6) is 0 Å². The van der Waals surface area contributed by atoms with Gasteiger partial charge in [0.25, 0.3) is 0 Å². The Morgan fingerprint density at radius 2 is 2.08 bits per heavy atom. The minimum atomic E-state index is -0.474. The number of esters is 1. The molecule has 12 heavy (non-hydrogen) atoms. The molecule has 0 amide bonds. The number of nitrogens with two attached hydrogens (primary N) is 1. The summed E-state index contributed by atoms with van der Waals surface area (Å²) in [6.07, 6.45) is 0.958. The molecule has 0 aliphatic heterocycles. The third-order valence-electron chi connectivity index (χ3n) is 1.04. The van der Waals surface area contributed by atoms with Crippen LogP contribution >= 0.6 is 0 Å². The zero-order chi connectivity index (χ0) is 9.23. The Morgan fingerprint density at radius 3 is 2.67 bits per heavy atom. The van der Waals surface area contributed by atoms with E-state index in [1.165, 1.54) is 0 Å². The Kier molecular flexibility index (Phi) is 7.99. The van der Waals surface area contributed by atoms with E-state index in [4.69, 9.17) is 4.74 Å². The van der Waals surface area contributed by atoms with E-state index < -0.39 is 5.97 Å². The van der Waals surface area contributed by atoms with Crippen LogP contribution in [-0.2, 0) is 19.1 Å². The lowest BCUT2D eigenvalue weighted by Gasteiger charge is -2.03. The van der Waals surface area contributed by atoms with Gasteiger partial charge in [-0.05, 0) is 6.42 Å². The monoisotopic (exact) mass is 177 g/mol. The van der Waals surface area contributed by atoms with Crippen molar-refractivity contribution in [1.82, 2.24) is 0 Å². The zero-order valence-corrected chi connectivity index (χ0v) is 7.25. The fourth-order valence-corrected chi connectivity index (χ4v) is 0.571. The van der Waals surface area contributed by atoms with Crippen molar-refractivity contribution in [2.75, 3.05) is 26.4 Å². The van der Waals surface area contributed by atoms with E-state index in [0.717, 1.165) is 6.42 Å². The van der Waals surface area contributed by atoms with Crippen molar-refractivity contribution in [2.45, 2.75) is 13.3 Å². The molecule has 5 heteroatoms. The molecule has 0 rings (SSSR count). The largest absolute Gasteiger partial charge is 0.461 e. The molecule has 0 saturated heterocycles. The van der Waals surface area contributed by atoms with Crippen LogP contribution in [0.2, 0.25) is 0 Å². The predicted molar refractivity (Wildman–Crippen MR) is 42.2 cm³/mol. The van der Waals surface area contributed by atoms with Crippen LogP contribution in [0.4, 0.5) is 0 Å². The summed E-state index contributed by atoms with van der Waals surface area (Å²) in [6.45, 7) is 3.15. The van der Waals surface area contributed by atoms with Crippen molar-refractivity contribution in [1.29, 1.82) is 0 Å². The van der Waals surface area contributed by atoms with E-state index in [0.29, 0.717) is 13.2 Å². The molecular formula is C7H15NO4. The van der Waals surface area contributed by atoms with E-state index in [1.54, 1.807) is 0 Å². The van der Waals surface area contributed by atoms with Crippen LogP contribution in [0, 0.1) is 0 Å². The maximum absolute atomic E-state index is 10.6. The molecule has 5 nitrogen and oxygen atoms in total. The topological polar surface area (TPSA) is 70.8 Å². The number of rotatable bonds is 7. The molecule has 0 unspecified atom stereocenters. The summed E-state index contributed by atoms with van der Waals surface area (Å²) < 4.78 is 9.72. The maximum atomic E-state index is 10.6. The Balaban J connectivity index is 3.03. The molecule has 0 aromatic rings. The van der Waals surface area contributed by atoms with Gasteiger partial charge in [0.15, 0.2) is 6.61 Å². The van der Waals surface area contributed by atoms with E-state index in [2.05, 4.69) is 15.5 Å². The molecular weight excluding hydrogens is 162 g/mol. The quantitative estimate of drug-likeness (QED) is 0.332. The molecule has 0 aliphatic carbocycles. The summed E-state index contributed by atoms with van der Waals surface area (Å²) >= 11 is 0. The standard InChI is InChI=1S/C7H15NO4/c1-2-3-10-4-5-11-7(9)6-12-8/h2-6,8H2,1H3. The first kappa shape index (κ1) is 11.4. The third-order valence-corrected chi connectivity index (χ3v) is 1.04. The van der Waals surface area contributed by atoms with Gasteiger partial charge in [0, 0.05) is 6.61 Å². The molecule has 0 aromatic carbocycles. The lowest BCUT2D eigenvalue weighted by molar-refractivity contribution is -0.150. The lowest BCUT2D eigenvalue weighted by atomic mass is 10.5. The van der Waals surface area contributed by atoms with Crippen molar-refractivity contribution in [3.8, 4) is 0 Å². The molecule has 2 N–H and O–H groups in total. The number of hydrogen-bond donors (Lipinski definition) is 1. The molecule has 0 bridgehead atoms. The summed E-state index contributed by atoms with van der Waals surface area (Å²) in [5, 5.41) is 0. The normalized spacial score (nSPS) is 9.83. The highest BCUT2D eigenvalue weighted by atomic mass is 16.6. The predicted octanol–water partition coefficient (Wildman–Crippen LogP) is -0.154. The number of hydrogen-bond acceptors (Lipinski definition) is 5. The molecule has 0 fully saturated rings. The average molecular weight is 177 g/mol. The van der Waals surface area contributed by atoms with Crippen molar-refractivity contribution in [2.24, 2.45) is 5.90 Å². The van der Waals surface area contributed by atoms with Crippen molar-refractivity contribution < 1.29 is 19.1 Å². The molecule has 0 spiro atoms. The Morgan fingerprint density at radius 1 is 1.33 bits per heavy atom. The summed E-state index contributed by atoms with van der Waals surface area (Å²) in [5.74, 6) is 4.17. The Labute approximate surface area is 71.7 Å². The second kappa shape index (κ2) is 8.45. The van der Waals surface area contributed by atoms with Gasteiger partial charge in [0.1, 0.15) is 6.61 Å². The van der Waals surface area contributed by atoms with Crippen LogP contribution in [0.25, 0.3) is 0 Å². The van der Waals surface area contributed by atoms with Crippen LogP contribution < -0.4 is 5.90 Å². The highest BCUT2D eigenvalue weighted by molar-refractivity contribution is 5.70. The molecule has 0 saturated carbocycles. The van der Waals surface area contributed by atoms with E-state index in [1.807, 2.05) is 6.92 Å². The highest BCUT2D eigenvalue weighted by Gasteiger charge is 2.00. The first-order valence-corrected chi connectivity index (χ1v) is 3.86. The summed E-state index contributed by atoms with van der Waals surface area (Å²) in [7, 11) is 0. The first-order chi connectivity index (χ1) is 5.81. The summed E-state index contributed by atoms with van der Waals surface area (Å²) in [5.41, 5.74) is 0. The van der Waals surface area contributed by atoms with Crippen LogP contribution in [0.3, 0.4) is 0 Å². The molecule has 0 aliphatic rings. The first-order valence-electron chi connectivity index (χ1n) is 3.86. The second-order valence-corrected chi connectivity index (χ2v) is 2.14. The molecule has 72 valence electrons. The maximum Gasteiger partial charge on any atom is 0.334 e. The average Bonchev–Trinajstić information content (AvgIpc) is 2.05. The third kappa shape index (κ3) is 7.46. The van der Waals surface area contributed by atoms with Gasteiger partial charge in [0.05, 0.1) is 6.61 Å². The van der Waals surface area contributed by atoms with Crippen molar-refractivity contribution >= 4 is 5.97 Å². The van der Waals surface area contributed by atoms with E-state index in [-0.39, 0.29) is 13.2 Å². The smallest absolute Gasteiger partial charge is 0.334 e. The molecule has 0 heterocycles. The Hall–Kier alpha value is -0.650. The second-order valence-electron chi connectivity index (χ2n) is 2.14. The van der Waals surface area contributed by atoms with Gasteiger partial charge in [0.2, 0.25) is 0 Å². The summed E-state index contributed by atoms with van der Waals surface area (Å²) in [6, 6.07) is 0. The minimum Gasteiger partial charge on any atom is -0.461 e. The van der Waals surface area contributed by atoms with Crippen LogP contribution in [-0.4, -0.2) is 32.4 Å². The van der Waals surface area contributed by atoms with Crippen LogP contribution in [0.15, 0.2) is 0 Å². The van der Waals surface area contributed by atoms with Gasteiger partial charge in [-0.2, -0.15) is 0 Å². The fraction of sp³-hybridized carbons (Fsp3) is 0.857. The van der Waals surface area contributed by atoms with Gasteiger partial charge in [-0.3, -0.25) is 4.84 Å². The van der Waals surface area contributed by atoms with Gasteiger partial charge in [-0.15, -0.1) is 0 Å². The van der Waals surface area contributed by atoms with E-state index >= 15 is 0 Å². The minimum absolute atomic E-state index is 0.215. The highest BCUT2D eigenvalue weighted by Crippen LogP contribution is 1.83. The van der Waals surface area contributed by atoms with Gasteiger partial charge >= 0.3 is 5.97 Å². The SMILES string of the molecule is CCCOCCOC(=O)CON. The van der Waals surface area contributed by atoms with Crippen molar-refractivity contribution in [3.05, 3.63) is 0 Å². The zero-order valence-electron chi connectivity index (χ0n) is 7.25. The molecule has 0 aromatic heterocycles. The fourth-order valence-electron chi connectivity index (χ4n) is 0.571. The van der Waals surface area contributed by atoms with E-state index in [9.17, 15) is 4.79 Å². The number of carbonyl (C=O) groups excluding carboxylic acids is 1. The Bertz CT molecular complexity index is 118. The van der Waals surface area contributed by atoms with Gasteiger partial charge in [-0.25, -0.2) is 10.7 Å². The molecule has 0 atom stereocenters.